The molecule has 0 rings (SSSR count). The van der Waals surface area contributed by atoms with E-state index in [2.05, 4.69) is 9.47 Å². The Balaban J connectivity index is 3.94. The van der Waals surface area contributed by atoms with Gasteiger partial charge in [-0.25, -0.2) is 4.79 Å². The zero-order valence-electron chi connectivity index (χ0n) is 6.27. The van der Waals surface area contributed by atoms with Crippen molar-refractivity contribution in [1.29, 1.82) is 0 Å². The van der Waals surface area contributed by atoms with E-state index >= 15 is 0 Å². The summed E-state index contributed by atoms with van der Waals surface area (Å²) in [5.74, 6) is -0.732. The van der Waals surface area contributed by atoms with Crippen molar-refractivity contribution in [3.05, 3.63) is 10.1 Å². The molecule has 0 bridgehead atoms. The topological polar surface area (TPSA) is 78.7 Å². The molecule has 0 aromatic rings. The molecule has 0 saturated heterocycles. The third kappa shape index (κ3) is 3.51. The fourth-order valence-electron chi connectivity index (χ4n) is 0.512. The second kappa shape index (κ2) is 4.62. The van der Waals surface area contributed by atoms with Crippen molar-refractivity contribution >= 4 is 5.97 Å². The van der Waals surface area contributed by atoms with Crippen LogP contribution in [0.3, 0.4) is 0 Å². The van der Waals surface area contributed by atoms with Crippen molar-refractivity contribution in [2.24, 2.45) is 0 Å². The lowest BCUT2D eigenvalue weighted by atomic mass is 10.4. The number of hydrogen-bond donors (Lipinski definition) is 0. The highest BCUT2D eigenvalue weighted by molar-refractivity contribution is 5.74. The Hall–Kier alpha value is -1.17. The van der Waals surface area contributed by atoms with Gasteiger partial charge in [0.05, 0.1) is 7.11 Å². The molecule has 64 valence electrons. The van der Waals surface area contributed by atoms with Crippen LogP contribution in [0.1, 0.15) is 0 Å². The number of nitro groups is 1. The van der Waals surface area contributed by atoms with Crippen LogP contribution in [0.15, 0.2) is 0 Å². The third-order valence-corrected chi connectivity index (χ3v) is 1.06. The van der Waals surface area contributed by atoms with Crippen molar-refractivity contribution in [3.63, 3.8) is 0 Å². The molecule has 0 radical (unpaired) electrons. The van der Waals surface area contributed by atoms with Gasteiger partial charge >= 0.3 is 5.97 Å². The highest BCUT2D eigenvalue weighted by Crippen LogP contribution is 1.93. The first kappa shape index (κ1) is 9.83. The van der Waals surface area contributed by atoms with Crippen LogP contribution in [-0.4, -0.2) is 37.8 Å². The summed E-state index contributed by atoms with van der Waals surface area (Å²) in [6.07, 6.45) is -1.10. The Morgan fingerprint density at radius 2 is 2.18 bits per heavy atom. The SMILES string of the molecule is COC(=O)C(C[N+](=O)[O-])OC. The molecule has 0 amide bonds. The van der Waals surface area contributed by atoms with E-state index in [0.717, 1.165) is 7.11 Å². The summed E-state index contributed by atoms with van der Waals surface area (Å²) in [5.41, 5.74) is 0. The largest absolute Gasteiger partial charge is 0.467 e. The standard InChI is InChI=1S/C5H9NO5/c1-10-4(3-6(8)9)5(7)11-2/h4H,3H2,1-2H3. The Bertz CT molecular complexity index is 157. The Morgan fingerprint density at radius 3 is 2.45 bits per heavy atom. The zero-order valence-corrected chi connectivity index (χ0v) is 6.27. The summed E-state index contributed by atoms with van der Waals surface area (Å²) in [5, 5.41) is 9.91. The van der Waals surface area contributed by atoms with Crippen molar-refractivity contribution in [3.8, 4) is 0 Å². The average Bonchev–Trinajstić information content (AvgIpc) is 1.98. The maximum absolute atomic E-state index is 10.6. The van der Waals surface area contributed by atoms with Crippen molar-refractivity contribution in [2.45, 2.75) is 6.10 Å². The Morgan fingerprint density at radius 1 is 1.64 bits per heavy atom. The summed E-state index contributed by atoms with van der Waals surface area (Å²) >= 11 is 0. The van der Waals surface area contributed by atoms with Crippen LogP contribution in [0.5, 0.6) is 0 Å². The minimum Gasteiger partial charge on any atom is -0.467 e. The van der Waals surface area contributed by atoms with Gasteiger partial charge in [0.25, 0.3) is 0 Å². The molecule has 0 fully saturated rings. The normalized spacial score (nSPS) is 12.2. The van der Waals surface area contributed by atoms with Crippen LogP contribution in [0.2, 0.25) is 0 Å². The van der Waals surface area contributed by atoms with Crippen LogP contribution < -0.4 is 0 Å². The van der Waals surface area contributed by atoms with E-state index in [4.69, 9.17) is 0 Å². The van der Waals surface area contributed by atoms with Crippen LogP contribution in [0, 0.1) is 10.1 Å². The fraction of sp³-hybridized carbons (Fsp3) is 0.800. The minimum absolute atomic E-state index is 0.566. The van der Waals surface area contributed by atoms with E-state index < -0.39 is 23.5 Å². The number of ether oxygens (including phenoxy) is 2. The van der Waals surface area contributed by atoms with Gasteiger partial charge in [-0.2, -0.15) is 0 Å². The van der Waals surface area contributed by atoms with Gasteiger partial charge in [0.2, 0.25) is 12.6 Å². The van der Waals surface area contributed by atoms with Gasteiger partial charge in [0, 0.05) is 12.0 Å². The zero-order chi connectivity index (χ0) is 8.85. The number of carbonyl (C=O) groups excluding carboxylic acids is 1. The Labute approximate surface area is 63.2 Å². The van der Waals surface area contributed by atoms with Crippen LogP contribution in [-0.2, 0) is 14.3 Å². The number of nitrogens with zero attached hydrogens (tertiary/aromatic N) is 1. The van der Waals surface area contributed by atoms with Gasteiger partial charge in [0.15, 0.2) is 0 Å². The van der Waals surface area contributed by atoms with Gasteiger partial charge in [-0.1, -0.05) is 0 Å². The second-order valence-electron chi connectivity index (χ2n) is 1.76. The van der Waals surface area contributed by atoms with Gasteiger partial charge in [-0.05, 0) is 0 Å². The minimum atomic E-state index is -1.10. The van der Waals surface area contributed by atoms with Crippen LogP contribution in [0.25, 0.3) is 0 Å². The summed E-state index contributed by atoms with van der Waals surface area (Å²) in [6.45, 7) is -0.566. The molecule has 0 aliphatic rings. The van der Waals surface area contributed by atoms with E-state index in [1.54, 1.807) is 0 Å². The first-order valence-corrected chi connectivity index (χ1v) is 2.84. The van der Waals surface area contributed by atoms with Gasteiger partial charge in [-0.15, -0.1) is 0 Å². The highest BCUT2D eigenvalue weighted by atomic mass is 16.6. The molecule has 0 aliphatic carbocycles. The lowest BCUT2D eigenvalue weighted by Crippen LogP contribution is -2.31. The smallest absolute Gasteiger partial charge is 0.341 e. The number of esters is 1. The van der Waals surface area contributed by atoms with Crippen LogP contribution >= 0.6 is 0 Å². The van der Waals surface area contributed by atoms with E-state index in [-0.39, 0.29) is 0 Å². The maximum atomic E-state index is 10.6. The molecule has 0 aromatic carbocycles. The van der Waals surface area contributed by atoms with Gasteiger partial charge in [0.1, 0.15) is 0 Å². The monoisotopic (exact) mass is 163 g/mol. The fourth-order valence-corrected chi connectivity index (χ4v) is 0.512. The number of hydrogen-bond acceptors (Lipinski definition) is 5. The number of methoxy groups -OCH3 is 2. The van der Waals surface area contributed by atoms with Crippen molar-refractivity contribution < 1.29 is 19.2 Å². The summed E-state index contributed by atoms with van der Waals surface area (Å²) in [7, 11) is 2.36. The van der Waals surface area contributed by atoms with Crippen molar-refractivity contribution in [2.75, 3.05) is 20.8 Å². The third-order valence-electron chi connectivity index (χ3n) is 1.06. The predicted molar refractivity (Wildman–Crippen MR) is 34.7 cm³/mol. The van der Waals surface area contributed by atoms with Gasteiger partial charge in [-0.3, -0.25) is 10.1 Å². The van der Waals surface area contributed by atoms with E-state index in [1.165, 1.54) is 7.11 Å². The first-order chi connectivity index (χ1) is 5.11. The summed E-state index contributed by atoms with van der Waals surface area (Å²) < 4.78 is 8.73. The molecule has 1 atom stereocenters. The summed E-state index contributed by atoms with van der Waals surface area (Å²) in [4.78, 5) is 19.9. The lowest BCUT2D eigenvalue weighted by molar-refractivity contribution is -0.488. The highest BCUT2D eigenvalue weighted by Gasteiger charge is 2.23. The summed E-state index contributed by atoms with van der Waals surface area (Å²) in [6, 6.07) is 0. The predicted octanol–water partition coefficient (Wildman–Crippen LogP) is -0.549. The molecule has 0 N–H and O–H groups in total. The number of rotatable bonds is 4. The molecule has 1 unspecified atom stereocenters. The molecule has 6 nitrogen and oxygen atoms in total. The van der Waals surface area contributed by atoms with E-state index in [9.17, 15) is 14.9 Å². The molecular weight excluding hydrogens is 154 g/mol. The maximum Gasteiger partial charge on any atom is 0.341 e. The van der Waals surface area contributed by atoms with E-state index in [0.29, 0.717) is 0 Å². The molecule has 6 heteroatoms. The van der Waals surface area contributed by atoms with E-state index in [1.807, 2.05) is 0 Å². The molecular formula is C5H9NO5. The molecule has 0 saturated carbocycles. The first-order valence-electron chi connectivity index (χ1n) is 2.84. The number of carbonyl (C=O) groups is 1. The Kier molecular flexibility index (Phi) is 4.12. The lowest BCUT2D eigenvalue weighted by Gasteiger charge is -2.06. The average molecular weight is 163 g/mol. The molecule has 11 heavy (non-hydrogen) atoms. The second-order valence-corrected chi connectivity index (χ2v) is 1.76. The van der Waals surface area contributed by atoms with Crippen molar-refractivity contribution in [1.82, 2.24) is 0 Å². The van der Waals surface area contributed by atoms with Crippen LogP contribution in [0.4, 0.5) is 0 Å². The molecule has 0 aliphatic heterocycles. The molecule has 0 aromatic heterocycles. The van der Waals surface area contributed by atoms with Gasteiger partial charge < -0.3 is 9.47 Å². The quantitative estimate of drug-likeness (QED) is 0.315. The molecule has 0 heterocycles. The molecule has 0 spiro atoms.